The molecule has 0 amide bonds. The fraction of sp³-hybridized carbons (Fsp3) is 0.118. The molecular formula is C17H14O3. The van der Waals surface area contributed by atoms with Gasteiger partial charge in [0.2, 0.25) is 0 Å². The highest BCUT2D eigenvalue weighted by atomic mass is 16.5. The number of hydrogen-bond donors (Lipinski definition) is 0. The minimum absolute atomic E-state index is 0.574. The summed E-state index contributed by atoms with van der Waals surface area (Å²) in [4.78, 5) is 11.0. The average molecular weight is 266 g/mol. The number of aldehydes is 1. The topological polar surface area (TPSA) is 39.4 Å². The van der Waals surface area contributed by atoms with Gasteiger partial charge in [0.05, 0.1) is 7.11 Å². The minimum Gasteiger partial charge on any atom is -0.493 e. The Morgan fingerprint density at radius 2 is 1.95 bits per heavy atom. The van der Waals surface area contributed by atoms with E-state index in [1.807, 2.05) is 37.3 Å². The van der Waals surface area contributed by atoms with E-state index in [2.05, 4.69) is 0 Å². The molecule has 3 rings (SSSR count). The third kappa shape index (κ3) is 1.97. The lowest BCUT2D eigenvalue weighted by molar-refractivity contribution is 0.112. The van der Waals surface area contributed by atoms with Crippen molar-refractivity contribution in [1.29, 1.82) is 0 Å². The van der Waals surface area contributed by atoms with Gasteiger partial charge in [-0.15, -0.1) is 0 Å². The molecule has 0 aliphatic carbocycles. The van der Waals surface area contributed by atoms with Gasteiger partial charge in [0.25, 0.3) is 0 Å². The molecule has 3 heteroatoms. The second-order valence-electron chi connectivity index (χ2n) is 4.68. The maximum Gasteiger partial charge on any atom is 0.176 e. The van der Waals surface area contributed by atoms with Crippen molar-refractivity contribution in [2.24, 2.45) is 0 Å². The van der Waals surface area contributed by atoms with E-state index >= 15 is 0 Å². The van der Waals surface area contributed by atoms with Crippen molar-refractivity contribution >= 4 is 17.3 Å². The number of carbonyl (C=O) groups excluding carboxylic acids is 1. The van der Waals surface area contributed by atoms with E-state index in [0.29, 0.717) is 16.9 Å². The van der Waals surface area contributed by atoms with Crippen LogP contribution in [-0.2, 0) is 0 Å². The van der Waals surface area contributed by atoms with Gasteiger partial charge in [0.1, 0.15) is 12.0 Å². The number of aryl methyl sites for hydroxylation is 1. The highest BCUT2D eigenvalue weighted by Crippen LogP contribution is 2.35. The third-order valence-corrected chi connectivity index (χ3v) is 3.37. The number of benzene rings is 2. The fourth-order valence-corrected chi connectivity index (χ4v) is 2.34. The molecule has 0 saturated heterocycles. The molecule has 0 radical (unpaired) electrons. The molecule has 1 aromatic heterocycles. The van der Waals surface area contributed by atoms with Crippen LogP contribution in [0.1, 0.15) is 15.9 Å². The van der Waals surface area contributed by atoms with Crippen LogP contribution < -0.4 is 4.74 Å². The van der Waals surface area contributed by atoms with Crippen LogP contribution >= 0.6 is 0 Å². The quantitative estimate of drug-likeness (QED) is 0.666. The molecule has 2 aromatic carbocycles. The number of hydrogen-bond acceptors (Lipinski definition) is 3. The molecule has 100 valence electrons. The Kier molecular flexibility index (Phi) is 3.03. The molecule has 0 aliphatic rings. The smallest absolute Gasteiger partial charge is 0.176 e. The molecule has 3 aromatic rings. The Bertz CT molecular complexity index is 784. The SMILES string of the molecule is COc1cc(C=O)cc2cc(-c3ccccc3C)oc12. The van der Waals surface area contributed by atoms with Crippen LogP contribution in [-0.4, -0.2) is 13.4 Å². The van der Waals surface area contributed by atoms with Gasteiger partial charge in [-0.1, -0.05) is 24.3 Å². The highest BCUT2D eigenvalue weighted by Gasteiger charge is 2.13. The molecule has 0 fully saturated rings. The summed E-state index contributed by atoms with van der Waals surface area (Å²) in [5, 5.41) is 0.865. The minimum atomic E-state index is 0.574. The fourth-order valence-electron chi connectivity index (χ4n) is 2.34. The molecule has 0 bridgehead atoms. The summed E-state index contributed by atoms with van der Waals surface area (Å²) in [6.07, 6.45) is 0.808. The lowest BCUT2D eigenvalue weighted by Crippen LogP contribution is -1.86. The molecule has 20 heavy (non-hydrogen) atoms. The zero-order valence-electron chi connectivity index (χ0n) is 11.3. The molecular weight excluding hydrogens is 252 g/mol. The van der Waals surface area contributed by atoms with Gasteiger partial charge in [0.15, 0.2) is 11.3 Å². The Balaban J connectivity index is 2.25. The lowest BCUT2D eigenvalue weighted by atomic mass is 10.1. The van der Waals surface area contributed by atoms with Crippen LogP contribution in [0, 0.1) is 6.92 Å². The highest BCUT2D eigenvalue weighted by molar-refractivity contribution is 5.93. The number of furan rings is 1. The van der Waals surface area contributed by atoms with E-state index in [1.165, 1.54) is 0 Å². The first-order valence-electron chi connectivity index (χ1n) is 6.35. The first kappa shape index (κ1) is 12.5. The molecule has 3 nitrogen and oxygen atoms in total. The number of fused-ring (bicyclic) bond motifs is 1. The van der Waals surface area contributed by atoms with E-state index in [1.54, 1.807) is 19.2 Å². The van der Waals surface area contributed by atoms with Crippen molar-refractivity contribution in [2.45, 2.75) is 6.92 Å². The Labute approximate surface area is 116 Å². The molecule has 1 heterocycles. The standard InChI is InChI=1S/C17H14O3/c1-11-5-3-4-6-14(11)15-9-13-7-12(10-18)8-16(19-2)17(13)20-15/h3-10H,1-2H3. The third-order valence-electron chi connectivity index (χ3n) is 3.37. The summed E-state index contributed by atoms with van der Waals surface area (Å²) in [6, 6.07) is 13.4. The van der Waals surface area contributed by atoms with Gasteiger partial charge in [-0.25, -0.2) is 0 Å². The van der Waals surface area contributed by atoms with E-state index in [-0.39, 0.29) is 0 Å². The molecule has 0 aliphatic heterocycles. The monoisotopic (exact) mass is 266 g/mol. The molecule has 0 spiro atoms. The van der Waals surface area contributed by atoms with Crippen LogP contribution in [0.3, 0.4) is 0 Å². The van der Waals surface area contributed by atoms with Crippen molar-refractivity contribution < 1.29 is 13.9 Å². The summed E-state index contributed by atoms with van der Waals surface area (Å²) in [5.41, 5.74) is 3.42. The average Bonchev–Trinajstić information content (AvgIpc) is 2.90. The summed E-state index contributed by atoms with van der Waals surface area (Å²) < 4.78 is 11.2. The summed E-state index contributed by atoms with van der Waals surface area (Å²) in [7, 11) is 1.57. The lowest BCUT2D eigenvalue weighted by Gasteiger charge is -2.02. The first-order chi connectivity index (χ1) is 9.72. The molecule has 0 N–H and O–H groups in total. The second-order valence-corrected chi connectivity index (χ2v) is 4.68. The van der Waals surface area contributed by atoms with E-state index in [9.17, 15) is 4.79 Å². The van der Waals surface area contributed by atoms with Gasteiger partial charge in [-0.05, 0) is 30.7 Å². The number of methoxy groups -OCH3 is 1. The van der Waals surface area contributed by atoms with Gasteiger partial charge < -0.3 is 9.15 Å². The van der Waals surface area contributed by atoms with Crippen LogP contribution in [0.2, 0.25) is 0 Å². The van der Waals surface area contributed by atoms with Crippen molar-refractivity contribution in [3.8, 4) is 17.1 Å². The second kappa shape index (κ2) is 4.85. The van der Waals surface area contributed by atoms with E-state index < -0.39 is 0 Å². The predicted octanol–water partition coefficient (Wildman–Crippen LogP) is 4.23. The first-order valence-corrected chi connectivity index (χ1v) is 6.35. The Morgan fingerprint density at radius 1 is 1.15 bits per heavy atom. The van der Waals surface area contributed by atoms with Crippen LogP contribution in [0.4, 0.5) is 0 Å². The molecule has 0 saturated carbocycles. The van der Waals surface area contributed by atoms with Crippen molar-refractivity contribution in [3.05, 3.63) is 53.6 Å². The van der Waals surface area contributed by atoms with Crippen molar-refractivity contribution in [2.75, 3.05) is 7.11 Å². The normalized spacial score (nSPS) is 10.7. The Hall–Kier alpha value is -2.55. The van der Waals surface area contributed by atoms with Gasteiger partial charge in [-0.3, -0.25) is 4.79 Å². The number of ether oxygens (including phenoxy) is 1. The number of rotatable bonds is 3. The van der Waals surface area contributed by atoms with Crippen LogP contribution in [0.15, 0.2) is 46.9 Å². The van der Waals surface area contributed by atoms with Gasteiger partial charge >= 0.3 is 0 Å². The van der Waals surface area contributed by atoms with Crippen LogP contribution in [0.5, 0.6) is 5.75 Å². The zero-order chi connectivity index (χ0) is 14.1. The Morgan fingerprint density at radius 3 is 2.65 bits per heavy atom. The van der Waals surface area contributed by atoms with E-state index in [4.69, 9.17) is 9.15 Å². The van der Waals surface area contributed by atoms with E-state index in [0.717, 1.165) is 28.6 Å². The van der Waals surface area contributed by atoms with Crippen LogP contribution in [0.25, 0.3) is 22.3 Å². The zero-order valence-corrected chi connectivity index (χ0v) is 11.3. The largest absolute Gasteiger partial charge is 0.493 e. The number of carbonyl (C=O) groups is 1. The molecule has 0 atom stereocenters. The maximum absolute atomic E-state index is 11.0. The molecule has 0 unspecified atom stereocenters. The van der Waals surface area contributed by atoms with Gasteiger partial charge in [-0.2, -0.15) is 0 Å². The summed E-state index contributed by atoms with van der Waals surface area (Å²) in [5.74, 6) is 1.35. The van der Waals surface area contributed by atoms with Gasteiger partial charge in [0, 0.05) is 16.5 Å². The summed E-state index contributed by atoms with van der Waals surface area (Å²) >= 11 is 0. The predicted molar refractivity (Wildman–Crippen MR) is 78.3 cm³/mol. The van der Waals surface area contributed by atoms with Crippen molar-refractivity contribution in [3.63, 3.8) is 0 Å². The maximum atomic E-state index is 11.0. The van der Waals surface area contributed by atoms with Crippen molar-refractivity contribution in [1.82, 2.24) is 0 Å². The summed E-state index contributed by atoms with van der Waals surface area (Å²) in [6.45, 7) is 2.04.